The van der Waals surface area contributed by atoms with Gasteiger partial charge in [-0.05, 0) is 11.6 Å². The molecular weight excluding hydrogens is 140 g/mol. The molecule has 0 aromatic carbocycles. The van der Waals surface area contributed by atoms with Crippen LogP contribution in [0.1, 0.15) is 11.3 Å². The molecule has 0 radical (unpaired) electrons. The Morgan fingerprint density at radius 1 is 1.27 bits per heavy atom. The van der Waals surface area contributed by atoms with Gasteiger partial charge in [0.2, 0.25) is 0 Å². The highest BCUT2D eigenvalue weighted by Crippen LogP contribution is 2.09. The minimum atomic E-state index is 0.372. The highest BCUT2D eigenvalue weighted by Gasteiger charge is 1.98. The van der Waals surface area contributed by atoms with Crippen LogP contribution in [0.15, 0.2) is 12.3 Å². The highest BCUT2D eigenvalue weighted by molar-refractivity contribution is 5.44. The van der Waals surface area contributed by atoms with Gasteiger partial charge in [0.25, 0.3) is 0 Å². The first kappa shape index (κ1) is 7.97. The number of rotatable bonds is 2. The number of hydrogen-bond acceptors (Lipinski definition) is 4. The normalized spacial score (nSPS) is 10.0. The van der Waals surface area contributed by atoms with Gasteiger partial charge < -0.3 is 17.2 Å². The Kier molecular flexibility index (Phi) is 2.40. The van der Waals surface area contributed by atoms with E-state index < -0.39 is 0 Å². The highest BCUT2D eigenvalue weighted by atomic mass is 14.8. The fraction of sp³-hybridized carbons (Fsp3) is 0.286. The first-order valence-corrected chi connectivity index (χ1v) is 3.41. The van der Waals surface area contributed by atoms with Crippen LogP contribution in [0.2, 0.25) is 0 Å². The van der Waals surface area contributed by atoms with Gasteiger partial charge in [-0.3, -0.25) is 4.98 Å². The summed E-state index contributed by atoms with van der Waals surface area (Å²) in [6.45, 7) is 0.832. The summed E-state index contributed by atoms with van der Waals surface area (Å²) in [6.07, 6.45) is 1.69. The third kappa shape index (κ3) is 1.66. The monoisotopic (exact) mass is 152 g/mol. The van der Waals surface area contributed by atoms with Crippen molar-refractivity contribution >= 4 is 5.69 Å². The Morgan fingerprint density at radius 2 is 2.00 bits per heavy atom. The lowest BCUT2D eigenvalue weighted by molar-refractivity contribution is 0.968. The molecule has 0 saturated heterocycles. The van der Waals surface area contributed by atoms with Gasteiger partial charge in [-0.1, -0.05) is 0 Å². The van der Waals surface area contributed by atoms with Crippen molar-refractivity contribution in [2.75, 3.05) is 5.73 Å². The summed E-state index contributed by atoms with van der Waals surface area (Å²) < 4.78 is 0. The van der Waals surface area contributed by atoms with Gasteiger partial charge in [-0.15, -0.1) is 0 Å². The predicted octanol–water partition coefficient (Wildman–Crippen LogP) is -0.419. The van der Waals surface area contributed by atoms with Crippen molar-refractivity contribution in [2.24, 2.45) is 11.5 Å². The Bertz CT molecular complexity index is 246. The molecule has 0 saturated carbocycles. The summed E-state index contributed by atoms with van der Waals surface area (Å²) in [4.78, 5) is 4.04. The largest absolute Gasteiger partial charge is 0.397 e. The molecular formula is C7H12N4. The van der Waals surface area contributed by atoms with Crippen LogP contribution < -0.4 is 17.2 Å². The second kappa shape index (κ2) is 3.32. The van der Waals surface area contributed by atoms with E-state index in [0.29, 0.717) is 18.8 Å². The van der Waals surface area contributed by atoms with Gasteiger partial charge in [-0.2, -0.15) is 0 Å². The fourth-order valence-corrected chi connectivity index (χ4v) is 0.838. The Morgan fingerprint density at radius 3 is 2.45 bits per heavy atom. The van der Waals surface area contributed by atoms with Gasteiger partial charge in [0.05, 0.1) is 11.4 Å². The molecule has 0 aliphatic rings. The van der Waals surface area contributed by atoms with Gasteiger partial charge in [0.1, 0.15) is 0 Å². The molecule has 0 amide bonds. The summed E-state index contributed by atoms with van der Waals surface area (Å²) in [5.74, 6) is 0. The lowest BCUT2D eigenvalue weighted by atomic mass is 10.2. The van der Waals surface area contributed by atoms with Crippen molar-refractivity contribution < 1.29 is 0 Å². The minimum absolute atomic E-state index is 0.372. The lowest BCUT2D eigenvalue weighted by Crippen LogP contribution is -2.06. The Hall–Kier alpha value is -1.13. The van der Waals surface area contributed by atoms with Crippen LogP contribution in [-0.2, 0) is 13.1 Å². The van der Waals surface area contributed by atoms with Crippen molar-refractivity contribution in [3.63, 3.8) is 0 Å². The molecule has 0 fully saturated rings. The summed E-state index contributed by atoms with van der Waals surface area (Å²) in [5.41, 5.74) is 18.6. The molecule has 1 heterocycles. The quantitative estimate of drug-likeness (QED) is 0.537. The van der Waals surface area contributed by atoms with E-state index in [1.807, 2.05) is 0 Å². The molecule has 60 valence electrons. The van der Waals surface area contributed by atoms with Crippen LogP contribution in [0.3, 0.4) is 0 Å². The van der Waals surface area contributed by atoms with Crippen molar-refractivity contribution in [3.05, 3.63) is 23.5 Å². The van der Waals surface area contributed by atoms with E-state index in [2.05, 4.69) is 4.98 Å². The van der Waals surface area contributed by atoms with E-state index in [4.69, 9.17) is 17.2 Å². The smallest absolute Gasteiger partial charge is 0.0768 e. The van der Waals surface area contributed by atoms with E-state index in [1.165, 1.54) is 0 Å². The number of nitrogen functional groups attached to an aromatic ring is 1. The molecule has 0 unspecified atom stereocenters. The topological polar surface area (TPSA) is 90.9 Å². The molecule has 4 heteroatoms. The first-order chi connectivity index (χ1) is 5.27. The molecule has 11 heavy (non-hydrogen) atoms. The number of nitrogens with two attached hydrogens (primary N) is 3. The van der Waals surface area contributed by atoms with E-state index in [9.17, 15) is 0 Å². The lowest BCUT2D eigenvalue weighted by Gasteiger charge is -2.02. The van der Waals surface area contributed by atoms with Crippen LogP contribution in [0.25, 0.3) is 0 Å². The standard InChI is InChI=1S/C7H12N4/c8-2-5-1-6(10)7(3-9)11-4-5/h1,4H,2-3,8-10H2. The summed E-state index contributed by atoms with van der Waals surface area (Å²) in [5, 5.41) is 0. The van der Waals surface area contributed by atoms with Crippen LogP contribution in [0.5, 0.6) is 0 Å². The van der Waals surface area contributed by atoms with Crippen molar-refractivity contribution in [3.8, 4) is 0 Å². The number of nitrogens with zero attached hydrogens (tertiary/aromatic N) is 1. The number of pyridine rings is 1. The molecule has 0 bridgehead atoms. The van der Waals surface area contributed by atoms with Crippen molar-refractivity contribution in [1.29, 1.82) is 0 Å². The van der Waals surface area contributed by atoms with E-state index in [-0.39, 0.29) is 0 Å². The Balaban J connectivity index is 2.99. The molecule has 1 aromatic rings. The SMILES string of the molecule is NCc1cnc(CN)c(N)c1. The molecule has 1 aromatic heterocycles. The second-order valence-electron chi connectivity index (χ2n) is 2.29. The number of anilines is 1. The molecule has 6 N–H and O–H groups in total. The predicted molar refractivity (Wildman–Crippen MR) is 44.4 cm³/mol. The zero-order chi connectivity index (χ0) is 8.27. The van der Waals surface area contributed by atoms with Crippen molar-refractivity contribution in [1.82, 2.24) is 4.98 Å². The summed E-state index contributed by atoms with van der Waals surface area (Å²) >= 11 is 0. The third-order valence-corrected chi connectivity index (χ3v) is 1.49. The van der Waals surface area contributed by atoms with Crippen LogP contribution >= 0.6 is 0 Å². The Labute approximate surface area is 65.4 Å². The number of hydrogen-bond donors (Lipinski definition) is 3. The molecule has 0 atom stereocenters. The minimum Gasteiger partial charge on any atom is -0.397 e. The average Bonchev–Trinajstić information content (AvgIpc) is 2.04. The van der Waals surface area contributed by atoms with Crippen molar-refractivity contribution in [2.45, 2.75) is 13.1 Å². The maximum absolute atomic E-state index is 5.61. The zero-order valence-electron chi connectivity index (χ0n) is 6.25. The molecule has 4 nitrogen and oxygen atoms in total. The van der Waals surface area contributed by atoms with Gasteiger partial charge in [0.15, 0.2) is 0 Å². The summed E-state index contributed by atoms with van der Waals surface area (Å²) in [7, 11) is 0. The van der Waals surface area contributed by atoms with Crippen LogP contribution in [0.4, 0.5) is 5.69 Å². The third-order valence-electron chi connectivity index (χ3n) is 1.49. The second-order valence-corrected chi connectivity index (χ2v) is 2.29. The maximum atomic E-state index is 5.61. The number of aromatic nitrogens is 1. The average molecular weight is 152 g/mol. The van der Waals surface area contributed by atoms with E-state index in [0.717, 1.165) is 11.3 Å². The van der Waals surface area contributed by atoms with Gasteiger partial charge >= 0.3 is 0 Å². The van der Waals surface area contributed by atoms with Gasteiger partial charge in [0, 0.05) is 19.3 Å². The zero-order valence-corrected chi connectivity index (χ0v) is 6.25. The molecule has 0 aliphatic heterocycles. The van der Waals surface area contributed by atoms with Crippen LogP contribution in [-0.4, -0.2) is 4.98 Å². The van der Waals surface area contributed by atoms with Gasteiger partial charge in [-0.25, -0.2) is 0 Å². The first-order valence-electron chi connectivity index (χ1n) is 3.41. The summed E-state index contributed by atoms with van der Waals surface area (Å²) in [6, 6.07) is 1.80. The molecule has 0 aliphatic carbocycles. The fourth-order valence-electron chi connectivity index (χ4n) is 0.838. The van der Waals surface area contributed by atoms with E-state index >= 15 is 0 Å². The maximum Gasteiger partial charge on any atom is 0.0768 e. The van der Waals surface area contributed by atoms with Crippen LogP contribution in [0, 0.1) is 0 Å². The molecule has 1 rings (SSSR count). The van der Waals surface area contributed by atoms with E-state index in [1.54, 1.807) is 12.3 Å². The molecule has 0 spiro atoms.